The molecule has 0 heterocycles. The molecule has 1 rings (SSSR count). The van der Waals surface area contributed by atoms with Crippen molar-refractivity contribution in [1.82, 2.24) is 0 Å². The highest BCUT2D eigenvalue weighted by molar-refractivity contribution is 5.24. The van der Waals surface area contributed by atoms with Gasteiger partial charge in [-0.1, -0.05) is 12.1 Å². The zero-order valence-corrected chi connectivity index (χ0v) is 7.34. The number of hydrogen-bond acceptors (Lipinski definition) is 1. The molecule has 66 valence electrons. The van der Waals surface area contributed by atoms with Crippen molar-refractivity contribution in [2.24, 2.45) is 0 Å². The van der Waals surface area contributed by atoms with Gasteiger partial charge in [0.1, 0.15) is 5.82 Å². The Hall–Kier alpha value is -0.890. The van der Waals surface area contributed by atoms with Crippen molar-refractivity contribution in [3.8, 4) is 0 Å². The summed E-state index contributed by atoms with van der Waals surface area (Å²) in [5, 5.41) is 9.07. The summed E-state index contributed by atoms with van der Waals surface area (Å²) >= 11 is 0. The number of aliphatic hydroxyl groups is 1. The summed E-state index contributed by atoms with van der Waals surface area (Å²) in [5.74, 6) is -0.190. The monoisotopic (exact) mass is 168 g/mol. The third-order valence-corrected chi connectivity index (χ3v) is 1.75. The molecule has 1 aromatic carbocycles. The van der Waals surface area contributed by atoms with Crippen LogP contribution >= 0.6 is 0 Å². The van der Waals surface area contributed by atoms with E-state index in [-0.39, 0.29) is 11.9 Å². The van der Waals surface area contributed by atoms with Crippen molar-refractivity contribution < 1.29 is 9.50 Å². The van der Waals surface area contributed by atoms with Gasteiger partial charge in [-0.25, -0.2) is 4.39 Å². The molecule has 0 aliphatic carbocycles. The molecule has 0 amide bonds. The van der Waals surface area contributed by atoms with Crippen LogP contribution in [0, 0.1) is 12.7 Å². The second kappa shape index (κ2) is 3.68. The van der Waals surface area contributed by atoms with Gasteiger partial charge in [0.2, 0.25) is 0 Å². The van der Waals surface area contributed by atoms with Crippen molar-refractivity contribution >= 4 is 0 Å². The maximum Gasteiger partial charge on any atom is 0.126 e. The molecule has 0 aliphatic rings. The van der Waals surface area contributed by atoms with E-state index in [1.54, 1.807) is 26.0 Å². The number of hydrogen-bond donors (Lipinski definition) is 1. The van der Waals surface area contributed by atoms with Crippen molar-refractivity contribution in [1.29, 1.82) is 0 Å². The highest BCUT2D eigenvalue weighted by Gasteiger charge is 2.01. The molecule has 0 aliphatic heterocycles. The molecule has 0 saturated heterocycles. The fourth-order valence-corrected chi connectivity index (χ4v) is 1.17. The van der Waals surface area contributed by atoms with E-state index < -0.39 is 0 Å². The van der Waals surface area contributed by atoms with E-state index in [1.165, 1.54) is 6.07 Å². The topological polar surface area (TPSA) is 20.2 Å². The molecular formula is C10H13FO. The standard InChI is InChI=1S/C10H13FO/c1-7-5-9(6-8(2)12)3-4-10(7)11/h3-5,8,12H,6H2,1-2H3. The van der Waals surface area contributed by atoms with Gasteiger partial charge in [0.05, 0.1) is 6.10 Å². The van der Waals surface area contributed by atoms with Crippen LogP contribution in [0.3, 0.4) is 0 Å². The molecule has 1 nitrogen and oxygen atoms in total. The van der Waals surface area contributed by atoms with Gasteiger partial charge in [0, 0.05) is 0 Å². The van der Waals surface area contributed by atoms with Crippen LogP contribution in [0.1, 0.15) is 18.1 Å². The van der Waals surface area contributed by atoms with E-state index >= 15 is 0 Å². The van der Waals surface area contributed by atoms with Crippen molar-refractivity contribution in [3.63, 3.8) is 0 Å². The van der Waals surface area contributed by atoms with Gasteiger partial charge in [0.25, 0.3) is 0 Å². The molecule has 1 unspecified atom stereocenters. The first-order chi connectivity index (χ1) is 5.59. The minimum atomic E-state index is -0.366. The van der Waals surface area contributed by atoms with E-state index in [9.17, 15) is 4.39 Å². The average molecular weight is 168 g/mol. The van der Waals surface area contributed by atoms with Gasteiger partial charge >= 0.3 is 0 Å². The van der Waals surface area contributed by atoms with Gasteiger partial charge in [-0.3, -0.25) is 0 Å². The van der Waals surface area contributed by atoms with Crippen LogP contribution in [-0.4, -0.2) is 11.2 Å². The second-order valence-electron chi connectivity index (χ2n) is 3.14. The van der Waals surface area contributed by atoms with E-state index in [0.29, 0.717) is 12.0 Å². The zero-order chi connectivity index (χ0) is 9.14. The predicted molar refractivity (Wildman–Crippen MR) is 46.5 cm³/mol. The van der Waals surface area contributed by atoms with Crippen LogP contribution in [0.25, 0.3) is 0 Å². The maximum absolute atomic E-state index is 12.8. The summed E-state index contributed by atoms with van der Waals surface area (Å²) in [6.07, 6.45) is 0.219. The first-order valence-electron chi connectivity index (χ1n) is 4.02. The first-order valence-corrected chi connectivity index (χ1v) is 4.02. The Kier molecular flexibility index (Phi) is 2.82. The van der Waals surface area contributed by atoms with Crippen LogP contribution in [0.5, 0.6) is 0 Å². The van der Waals surface area contributed by atoms with Crippen molar-refractivity contribution in [3.05, 3.63) is 35.1 Å². The van der Waals surface area contributed by atoms with E-state index in [2.05, 4.69) is 0 Å². The summed E-state index contributed by atoms with van der Waals surface area (Å²) in [6.45, 7) is 3.44. The fraction of sp³-hybridized carbons (Fsp3) is 0.400. The quantitative estimate of drug-likeness (QED) is 0.716. The van der Waals surface area contributed by atoms with Gasteiger partial charge in [-0.15, -0.1) is 0 Å². The Bertz CT molecular complexity index is 269. The first kappa shape index (κ1) is 9.20. The molecule has 0 spiro atoms. The van der Waals surface area contributed by atoms with Gasteiger partial charge < -0.3 is 5.11 Å². The molecule has 12 heavy (non-hydrogen) atoms. The maximum atomic E-state index is 12.8. The largest absolute Gasteiger partial charge is 0.393 e. The Balaban J connectivity index is 2.82. The Labute approximate surface area is 71.9 Å². The minimum Gasteiger partial charge on any atom is -0.393 e. The van der Waals surface area contributed by atoms with E-state index in [4.69, 9.17) is 5.11 Å². The molecular weight excluding hydrogens is 155 g/mol. The molecule has 1 atom stereocenters. The van der Waals surface area contributed by atoms with Crippen LogP contribution in [-0.2, 0) is 6.42 Å². The Morgan fingerprint density at radius 2 is 2.17 bits per heavy atom. The molecule has 0 bridgehead atoms. The summed E-state index contributed by atoms with van der Waals surface area (Å²) in [4.78, 5) is 0. The third-order valence-electron chi connectivity index (χ3n) is 1.75. The lowest BCUT2D eigenvalue weighted by atomic mass is 10.1. The van der Waals surface area contributed by atoms with Crippen molar-refractivity contribution in [2.45, 2.75) is 26.4 Å². The van der Waals surface area contributed by atoms with Gasteiger partial charge in [-0.05, 0) is 37.5 Å². The van der Waals surface area contributed by atoms with Gasteiger partial charge in [0.15, 0.2) is 0 Å². The Morgan fingerprint density at radius 3 is 2.67 bits per heavy atom. The zero-order valence-electron chi connectivity index (χ0n) is 7.34. The lowest BCUT2D eigenvalue weighted by molar-refractivity contribution is 0.195. The SMILES string of the molecule is Cc1cc(CC(C)O)ccc1F. The number of rotatable bonds is 2. The average Bonchev–Trinajstić information content (AvgIpc) is 1.96. The predicted octanol–water partition coefficient (Wildman–Crippen LogP) is 2.06. The molecule has 1 N–H and O–H groups in total. The molecule has 2 heteroatoms. The number of aliphatic hydroxyl groups excluding tert-OH is 1. The fourth-order valence-electron chi connectivity index (χ4n) is 1.17. The summed E-state index contributed by atoms with van der Waals surface area (Å²) < 4.78 is 12.8. The highest BCUT2D eigenvalue weighted by atomic mass is 19.1. The molecule has 0 radical (unpaired) electrons. The van der Waals surface area contributed by atoms with Crippen LogP contribution < -0.4 is 0 Å². The van der Waals surface area contributed by atoms with Crippen LogP contribution in [0.2, 0.25) is 0 Å². The summed E-state index contributed by atoms with van der Waals surface area (Å²) in [6, 6.07) is 4.91. The number of benzene rings is 1. The van der Waals surface area contributed by atoms with Gasteiger partial charge in [-0.2, -0.15) is 0 Å². The smallest absolute Gasteiger partial charge is 0.126 e. The normalized spacial score (nSPS) is 13.0. The molecule has 0 saturated carbocycles. The van der Waals surface area contributed by atoms with E-state index in [1.807, 2.05) is 0 Å². The minimum absolute atomic E-state index is 0.190. The highest BCUT2D eigenvalue weighted by Crippen LogP contribution is 2.10. The molecule has 1 aromatic rings. The van der Waals surface area contributed by atoms with Crippen molar-refractivity contribution in [2.75, 3.05) is 0 Å². The Morgan fingerprint density at radius 1 is 1.50 bits per heavy atom. The molecule has 0 fully saturated rings. The number of halogens is 1. The number of aryl methyl sites for hydroxylation is 1. The van der Waals surface area contributed by atoms with Crippen LogP contribution in [0.15, 0.2) is 18.2 Å². The summed E-state index contributed by atoms with van der Waals surface area (Å²) in [7, 11) is 0. The summed E-state index contributed by atoms with van der Waals surface area (Å²) in [5.41, 5.74) is 1.61. The van der Waals surface area contributed by atoms with E-state index in [0.717, 1.165) is 5.56 Å². The van der Waals surface area contributed by atoms with Crippen LogP contribution in [0.4, 0.5) is 4.39 Å². The second-order valence-corrected chi connectivity index (χ2v) is 3.14. The molecule has 0 aromatic heterocycles. The lowest BCUT2D eigenvalue weighted by Crippen LogP contribution is -2.04. The lowest BCUT2D eigenvalue weighted by Gasteiger charge is -2.05. The third kappa shape index (κ3) is 2.31.